The van der Waals surface area contributed by atoms with Gasteiger partial charge in [-0.1, -0.05) is 17.8 Å². The summed E-state index contributed by atoms with van der Waals surface area (Å²) in [6.07, 6.45) is 1.98. The van der Waals surface area contributed by atoms with Crippen molar-refractivity contribution in [2.24, 2.45) is 0 Å². The fraction of sp³-hybridized carbons (Fsp3) is 0.250. The normalized spacial score (nSPS) is 11.2. The van der Waals surface area contributed by atoms with Crippen molar-refractivity contribution >= 4 is 22.8 Å². The lowest BCUT2D eigenvalue weighted by atomic mass is 10.3. The Hall–Kier alpha value is -2.01. The van der Waals surface area contributed by atoms with Crippen LogP contribution >= 0.6 is 11.8 Å². The Morgan fingerprint density at radius 2 is 2.14 bits per heavy atom. The second kappa shape index (κ2) is 6.18. The largest absolute Gasteiger partial charge is 0.491 e. The Morgan fingerprint density at radius 1 is 1.24 bits per heavy atom. The van der Waals surface area contributed by atoms with Crippen molar-refractivity contribution in [3.63, 3.8) is 0 Å². The maximum atomic E-state index is 5.70. The fourth-order valence-electron chi connectivity index (χ4n) is 2.00. The molecule has 0 aliphatic rings. The Kier molecular flexibility index (Phi) is 4.10. The van der Waals surface area contributed by atoms with Crippen LogP contribution in [0.3, 0.4) is 0 Å². The average Bonchev–Trinajstić information content (AvgIpc) is 2.88. The first-order chi connectivity index (χ1) is 10.2. The molecule has 1 N–H and O–H groups in total. The highest BCUT2D eigenvalue weighted by molar-refractivity contribution is 7.98. The maximum absolute atomic E-state index is 5.70. The van der Waals surface area contributed by atoms with E-state index >= 15 is 0 Å². The molecule has 0 bridgehead atoms. The highest BCUT2D eigenvalue weighted by Crippen LogP contribution is 2.25. The molecule has 4 nitrogen and oxygen atoms in total. The minimum Gasteiger partial charge on any atom is -0.491 e. The van der Waals surface area contributed by atoms with Gasteiger partial charge >= 0.3 is 0 Å². The molecule has 5 heteroatoms. The zero-order chi connectivity index (χ0) is 14.7. The van der Waals surface area contributed by atoms with E-state index in [1.165, 1.54) is 0 Å². The van der Waals surface area contributed by atoms with Gasteiger partial charge in [-0.25, -0.2) is 4.98 Å². The number of nitrogens with zero attached hydrogens (tertiary/aromatic N) is 2. The van der Waals surface area contributed by atoms with Crippen LogP contribution in [-0.4, -0.2) is 21.1 Å². The second-order valence-corrected chi connectivity index (χ2v) is 5.96. The zero-order valence-electron chi connectivity index (χ0n) is 12.0. The monoisotopic (exact) mass is 299 g/mol. The van der Waals surface area contributed by atoms with Crippen molar-refractivity contribution < 1.29 is 4.74 Å². The van der Waals surface area contributed by atoms with Crippen LogP contribution in [0.15, 0.2) is 47.8 Å². The van der Waals surface area contributed by atoms with Crippen LogP contribution in [0.1, 0.15) is 19.5 Å². The van der Waals surface area contributed by atoms with Crippen molar-refractivity contribution in [3.05, 3.63) is 48.3 Å². The molecule has 0 fully saturated rings. The lowest BCUT2D eigenvalue weighted by Gasteiger charge is -2.08. The van der Waals surface area contributed by atoms with Crippen molar-refractivity contribution in [3.8, 4) is 5.75 Å². The van der Waals surface area contributed by atoms with E-state index in [9.17, 15) is 0 Å². The summed E-state index contributed by atoms with van der Waals surface area (Å²) in [7, 11) is 0. The van der Waals surface area contributed by atoms with Crippen LogP contribution in [0.4, 0.5) is 0 Å². The fourth-order valence-corrected chi connectivity index (χ4v) is 2.81. The number of thioether (sulfide) groups is 1. The number of pyridine rings is 1. The molecule has 0 unspecified atom stereocenters. The molecule has 2 aromatic heterocycles. The zero-order valence-corrected chi connectivity index (χ0v) is 12.9. The van der Waals surface area contributed by atoms with E-state index in [1.54, 1.807) is 11.8 Å². The number of rotatable bonds is 5. The molecule has 0 aliphatic heterocycles. The van der Waals surface area contributed by atoms with Gasteiger partial charge in [-0.3, -0.25) is 4.98 Å². The minimum absolute atomic E-state index is 0.170. The van der Waals surface area contributed by atoms with E-state index in [1.807, 2.05) is 56.4 Å². The predicted molar refractivity (Wildman–Crippen MR) is 85.7 cm³/mol. The van der Waals surface area contributed by atoms with Crippen molar-refractivity contribution in [1.29, 1.82) is 0 Å². The smallest absolute Gasteiger partial charge is 0.166 e. The van der Waals surface area contributed by atoms with Crippen LogP contribution in [0.25, 0.3) is 11.0 Å². The Morgan fingerprint density at radius 3 is 2.90 bits per heavy atom. The first kappa shape index (κ1) is 13.9. The molecule has 0 atom stereocenters. The third-order valence-electron chi connectivity index (χ3n) is 2.89. The van der Waals surface area contributed by atoms with Crippen LogP contribution in [0.5, 0.6) is 5.75 Å². The van der Waals surface area contributed by atoms with Crippen LogP contribution < -0.4 is 4.74 Å². The summed E-state index contributed by atoms with van der Waals surface area (Å²) >= 11 is 1.65. The van der Waals surface area contributed by atoms with Gasteiger partial charge in [-0.05, 0) is 38.1 Å². The van der Waals surface area contributed by atoms with Gasteiger partial charge in [-0.2, -0.15) is 0 Å². The number of aromatic amines is 1. The van der Waals surface area contributed by atoms with Crippen molar-refractivity contribution in [1.82, 2.24) is 15.0 Å². The molecule has 108 valence electrons. The third kappa shape index (κ3) is 3.55. The standard InChI is InChI=1S/C16H17N3OS/c1-11(2)20-13-6-7-14-15(9-13)19-16(18-14)21-10-12-5-3-4-8-17-12/h3-9,11H,10H2,1-2H3,(H,18,19). The van der Waals surface area contributed by atoms with Gasteiger partial charge in [0.05, 0.1) is 22.8 Å². The van der Waals surface area contributed by atoms with Gasteiger partial charge in [0.1, 0.15) is 5.75 Å². The summed E-state index contributed by atoms with van der Waals surface area (Å²) in [5.74, 6) is 1.66. The second-order valence-electron chi connectivity index (χ2n) is 5.00. The Bertz CT molecular complexity index is 725. The van der Waals surface area contributed by atoms with Crippen LogP contribution in [0, 0.1) is 0 Å². The number of ether oxygens (including phenoxy) is 1. The molecular formula is C16H17N3OS. The van der Waals surface area contributed by atoms with Gasteiger partial charge in [0.2, 0.25) is 0 Å². The van der Waals surface area contributed by atoms with Crippen molar-refractivity contribution in [2.75, 3.05) is 0 Å². The number of fused-ring (bicyclic) bond motifs is 1. The molecular weight excluding hydrogens is 282 g/mol. The molecule has 0 spiro atoms. The molecule has 0 amide bonds. The summed E-state index contributed by atoms with van der Waals surface area (Å²) in [4.78, 5) is 12.2. The first-order valence-corrected chi connectivity index (χ1v) is 7.88. The Balaban J connectivity index is 1.74. The number of aromatic nitrogens is 3. The van der Waals surface area contributed by atoms with Gasteiger partial charge in [0.15, 0.2) is 5.16 Å². The highest BCUT2D eigenvalue weighted by Gasteiger charge is 2.06. The van der Waals surface area contributed by atoms with Gasteiger partial charge in [-0.15, -0.1) is 0 Å². The van der Waals surface area contributed by atoms with E-state index in [0.717, 1.165) is 33.4 Å². The maximum Gasteiger partial charge on any atom is 0.166 e. The molecule has 0 saturated carbocycles. The predicted octanol–water partition coefficient (Wildman–Crippen LogP) is 4.04. The van der Waals surface area contributed by atoms with Crippen molar-refractivity contribution in [2.45, 2.75) is 30.9 Å². The van der Waals surface area contributed by atoms with E-state index in [0.29, 0.717) is 0 Å². The summed E-state index contributed by atoms with van der Waals surface area (Å²) in [6.45, 7) is 4.04. The molecule has 21 heavy (non-hydrogen) atoms. The number of imidazole rings is 1. The number of nitrogens with one attached hydrogen (secondary N) is 1. The number of hydrogen-bond acceptors (Lipinski definition) is 4. The quantitative estimate of drug-likeness (QED) is 0.722. The lowest BCUT2D eigenvalue weighted by molar-refractivity contribution is 0.242. The molecule has 0 radical (unpaired) electrons. The lowest BCUT2D eigenvalue weighted by Crippen LogP contribution is -2.05. The van der Waals surface area contributed by atoms with Crippen LogP contribution in [0.2, 0.25) is 0 Å². The Labute approximate surface area is 128 Å². The first-order valence-electron chi connectivity index (χ1n) is 6.90. The molecule has 1 aromatic carbocycles. The molecule has 3 aromatic rings. The highest BCUT2D eigenvalue weighted by atomic mass is 32.2. The van der Waals surface area contributed by atoms with Gasteiger partial charge in [0.25, 0.3) is 0 Å². The molecule has 2 heterocycles. The summed E-state index contributed by atoms with van der Waals surface area (Å²) < 4.78 is 5.70. The topological polar surface area (TPSA) is 50.8 Å². The number of benzene rings is 1. The molecule has 0 saturated heterocycles. The van der Waals surface area contributed by atoms with Gasteiger partial charge in [0, 0.05) is 18.0 Å². The van der Waals surface area contributed by atoms with Crippen LogP contribution in [-0.2, 0) is 5.75 Å². The number of H-pyrrole nitrogens is 1. The summed E-state index contributed by atoms with van der Waals surface area (Å²) in [6, 6.07) is 11.9. The minimum atomic E-state index is 0.170. The SMILES string of the molecule is CC(C)Oc1ccc2nc(SCc3ccccn3)[nH]c2c1. The van der Waals surface area contributed by atoms with E-state index in [-0.39, 0.29) is 6.10 Å². The van der Waals surface area contributed by atoms with Gasteiger partial charge < -0.3 is 9.72 Å². The van der Waals surface area contributed by atoms with E-state index in [4.69, 9.17) is 4.74 Å². The molecule has 3 rings (SSSR count). The number of hydrogen-bond donors (Lipinski definition) is 1. The molecule has 0 aliphatic carbocycles. The summed E-state index contributed by atoms with van der Waals surface area (Å²) in [5, 5.41) is 0.900. The van der Waals surface area contributed by atoms with E-state index < -0.39 is 0 Å². The third-order valence-corrected chi connectivity index (χ3v) is 3.79. The average molecular weight is 299 g/mol. The summed E-state index contributed by atoms with van der Waals surface area (Å²) in [5.41, 5.74) is 3.00. The van der Waals surface area contributed by atoms with E-state index in [2.05, 4.69) is 15.0 Å².